The molecule has 0 bridgehead atoms. The van der Waals surface area contributed by atoms with E-state index in [9.17, 15) is 17.6 Å². The van der Waals surface area contributed by atoms with Gasteiger partial charge in [-0.15, -0.1) is 0 Å². The van der Waals surface area contributed by atoms with Crippen molar-refractivity contribution in [2.75, 3.05) is 11.9 Å². The van der Waals surface area contributed by atoms with Crippen molar-refractivity contribution in [3.63, 3.8) is 0 Å². The lowest BCUT2D eigenvalue weighted by Gasteiger charge is -2.09. The van der Waals surface area contributed by atoms with Gasteiger partial charge < -0.3 is 5.32 Å². The number of nitrogens with zero attached hydrogens (tertiary/aromatic N) is 2. The van der Waals surface area contributed by atoms with Crippen molar-refractivity contribution in [1.29, 1.82) is 0 Å². The van der Waals surface area contributed by atoms with E-state index in [1.807, 2.05) is 0 Å². The molecule has 0 aliphatic rings. The molecular weight excluding hydrogens is 334 g/mol. The van der Waals surface area contributed by atoms with Crippen LogP contribution in [-0.4, -0.2) is 16.5 Å². The first-order chi connectivity index (χ1) is 11.9. The fourth-order valence-corrected chi connectivity index (χ4v) is 2.53. The molecule has 0 fully saturated rings. The van der Waals surface area contributed by atoms with E-state index in [0.717, 1.165) is 17.7 Å². The average molecular weight is 349 g/mol. The highest BCUT2D eigenvalue weighted by Gasteiger charge is 2.29. The number of aromatic nitrogens is 2. The van der Waals surface area contributed by atoms with Crippen LogP contribution < -0.4 is 5.32 Å². The quantitative estimate of drug-likeness (QED) is 0.529. The van der Waals surface area contributed by atoms with Crippen molar-refractivity contribution in [3.05, 3.63) is 65.7 Å². The summed E-state index contributed by atoms with van der Waals surface area (Å²) in [6.07, 6.45) is -1.59. The topological polar surface area (TPSA) is 37.8 Å². The average Bonchev–Trinajstić information content (AvgIpc) is 2.58. The molecule has 0 saturated carbocycles. The summed E-state index contributed by atoms with van der Waals surface area (Å²) >= 11 is 0. The van der Waals surface area contributed by atoms with Crippen molar-refractivity contribution < 1.29 is 17.6 Å². The van der Waals surface area contributed by atoms with Gasteiger partial charge in [0.15, 0.2) is 0 Å². The molecule has 0 aliphatic heterocycles. The minimum absolute atomic E-state index is 0.366. The van der Waals surface area contributed by atoms with Crippen molar-refractivity contribution >= 4 is 16.7 Å². The molecule has 3 rings (SSSR count). The van der Waals surface area contributed by atoms with Crippen LogP contribution in [0.25, 0.3) is 10.9 Å². The summed E-state index contributed by atoms with van der Waals surface area (Å²) in [6, 6.07) is 9.43. The monoisotopic (exact) mass is 349 g/mol. The Morgan fingerprint density at radius 1 is 0.960 bits per heavy atom. The van der Waals surface area contributed by atoms with Crippen LogP contribution in [0.2, 0.25) is 0 Å². The van der Waals surface area contributed by atoms with Gasteiger partial charge in [0.1, 0.15) is 18.0 Å². The lowest BCUT2D eigenvalue weighted by Crippen LogP contribution is -2.06. The second-order valence-corrected chi connectivity index (χ2v) is 5.61. The van der Waals surface area contributed by atoms with E-state index < -0.39 is 11.7 Å². The van der Waals surface area contributed by atoms with E-state index >= 15 is 0 Å². The van der Waals surface area contributed by atoms with Gasteiger partial charge in [-0.25, -0.2) is 14.4 Å². The Kier molecular flexibility index (Phi) is 4.83. The summed E-state index contributed by atoms with van der Waals surface area (Å²) in [7, 11) is 0. The van der Waals surface area contributed by atoms with Crippen molar-refractivity contribution in [2.45, 2.75) is 19.0 Å². The van der Waals surface area contributed by atoms with Crippen LogP contribution in [0.4, 0.5) is 23.4 Å². The van der Waals surface area contributed by atoms with Crippen molar-refractivity contribution in [3.8, 4) is 0 Å². The second kappa shape index (κ2) is 7.04. The first-order valence-corrected chi connectivity index (χ1v) is 7.74. The van der Waals surface area contributed by atoms with Crippen LogP contribution in [0.15, 0.2) is 48.8 Å². The fourth-order valence-electron chi connectivity index (χ4n) is 2.53. The number of hydrogen-bond donors (Lipinski definition) is 1. The van der Waals surface area contributed by atoms with Crippen LogP contribution in [0, 0.1) is 5.82 Å². The molecule has 1 heterocycles. The number of nitrogens with one attached hydrogen (secondary N) is 1. The SMILES string of the molecule is Fc1ccc2ncnc(NCCCc3ccc(C(F)(F)F)cc3)c2c1. The summed E-state index contributed by atoms with van der Waals surface area (Å²) in [4.78, 5) is 8.19. The van der Waals surface area contributed by atoms with Gasteiger partial charge in [-0.3, -0.25) is 0 Å². The van der Waals surface area contributed by atoms with E-state index in [-0.39, 0.29) is 5.82 Å². The molecule has 1 N–H and O–H groups in total. The molecule has 1 aromatic heterocycles. The third-order valence-corrected chi connectivity index (χ3v) is 3.81. The van der Waals surface area contributed by atoms with Crippen LogP contribution in [0.5, 0.6) is 0 Å². The van der Waals surface area contributed by atoms with Crippen molar-refractivity contribution in [1.82, 2.24) is 9.97 Å². The lowest BCUT2D eigenvalue weighted by molar-refractivity contribution is -0.137. The number of rotatable bonds is 5. The third-order valence-electron chi connectivity index (χ3n) is 3.81. The Morgan fingerprint density at radius 3 is 2.44 bits per heavy atom. The van der Waals surface area contributed by atoms with Gasteiger partial charge in [-0.05, 0) is 48.7 Å². The number of fused-ring (bicyclic) bond motifs is 1. The molecular formula is C18H15F4N3. The van der Waals surface area contributed by atoms with E-state index in [2.05, 4.69) is 15.3 Å². The Bertz CT molecular complexity index is 860. The fraction of sp³-hybridized carbons (Fsp3) is 0.222. The van der Waals surface area contributed by atoms with Crippen LogP contribution >= 0.6 is 0 Å². The Hall–Kier alpha value is -2.70. The molecule has 0 spiro atoms. The summed E-state index contributed by atoms with van der Waals surface area (Å²) in [5.41, 5.74) is 0.818. The smallest absolute Gasteiger partial charge is 0.369 e. The molecule has 0 saturated heterocycles. The second-order valence-electron chi connectivity index (χ2n) is 5.61. The normalized spacial score (nSPS) is 11.7. The predicted molar refractivity (Wildman–Crippen MR) is 87.8 cm³/mol. The maximum Gasteiger partial charge on any atom is 0.416 e. The predicted octanol–water partition coefficient (Wildman–Crippen LogP) is 4.83. The summed E-state index contributed by atoms with van der Waals surface area (Å²) in [5.74, 6) is 0.173. The Balaban J connectivity index is 1.58. The van der Waals surface area contributed by atoms with Gasteiger partial charge in [0.05, 0.1) is 11.1 Å². The van der Waals surface area contributed by atoms with E-state index in [1.165, 1.54) is 30.6 Å². The standard InChI is InChI=1S/C18H15F4N3/c19-14-7-8-16-15(10-14)17(25-11-24-16)23-9-1-2-12-3-5-13(6-4-12)18(20,21)22/h3-8,10-11H,1-2,9H2,(H,23,24,25). The van der Waals surface area contributed by atoms with Crippen molar-refractivity contribution in [2.24, 2.45) is 0 Å². The van der Waals surface area contributed by atoms with E-state index in [4.69, 9.17) is 0 Å². The molecule has 0 amide bonds. The minimum Gasteiger partial charge on any atom is -0.369 e. The highest BCUT2D eigenvalue weighted by atomic mass is 19.4. The summed E-state index contributed by atoms with van der Waals surface area (Å²) < 4.78 is 50.9. The van der Waals surface area contributed by atoms with Gasteiger partial charge in [-0.1, -0.05) is 12.1 Å². The van der Waals surface area contributed by atoms with Gasteiger partial charge in [0.2, 0.25) is 0 Å². The molecule has 0 aliphatic carbocycles. The zero-order valence-corrected chi connectivity index (χ0v) is 13.1. The first kappa shape index (κ1) is 17.1. The number of halogens is 4. The maximum atomic E-state index is 13.4. The van der Waals surface area contributed by atoms with Crippen LogP contribution in [0.3, 0.4) is 0 Å². The molecule has 0 unspecified atom stereocenters. The molecule has 3 aromatic rings. The summed E-state index contributed by atoms with van der Waals surface area (Å²) in [5, 5.41) is 3.72. The molecule has 3 nitrogen and oxygen atoms in total. The number of hydrogen-bond acceptors (Lipinski definition) is 3. The highest BCUT2D eigenvalue weighted by molar-refractivity contribution is 5.88. The first-order valence-electron chi connectivity index (χ1n) is 7.74. The minimum atomic E-state index is -4.32. The molecule has 0 atom stereocenters. The zero-order valence-electron chi connectivity index (χ0n) is 13.1. The maximum absolute atomic E-state index is 13.4. The van der Waals surface area contributed by atoms with Crippen LogP contribution in [0.1, 0.15) is 17.5 Å². The number of anilines is 1. The summed E-state index contributed by atoms with van der Waals surface area (Å²) in [6.45, 7) is 0.559. The Morgan fingerprint density at radius 2 is 1.72 bits per heavy atom. The number of benzene rings is 2. The molecule has 25 heavy (non-hydrogen) atoms. The largest absolute Gasteiger partial charge is 0.416 e. The molecule has 2 aromatic carbocycles. The molecule has 7 heteroatoms. The number of alkyl halides is 3. The van der Waals surface area contributed by atoms with E-state index in [0.29, 0.717) is 36.1 Å². The van der Waals surface area contributed by atoms with Gasteiger partial charge >= 0.3 is 6.18 Å². The molecule has 130 valence electrons. The molecule has 0 radical (unpaired) electrons. The van der Waals surface area contributed by atoms with Gasteiger partial charge in [0.25, 0.3) is 0 Å². The van der Waals surface area contributed by atoms with E-state index in [1.54, 1.807) is 6.07 Å². The Labute approximate surface area is 141 Å². The van der Waals surface area contributed by atoms with Crippen LogP contribution in [-0.2, 0) is 12.6 Å². The van der Waals surface area contributed by atoms with Gasteiger partial charge in [-0.2, -0.15) is 13.2 Å². The highest BCUT2D eigenvalue weighted by Crippen LogP contribution is 2.29. The van der Waals surface area contributed by atoms with Gasteiger partial charge in [0, 0.05) is 11.9 Å². The zero-order chi connectivity index (χ0) is 17.9. The number of aryl methyl sites for hydroxylation is 1. The lowest BCUT2D eigenvalue weighted by atomic mass is 10.1. The third kappa shape index (κ3) is 4.23.